The molecule has 106 valence electrons. The van der Waals surface area contributed by atoms with Crippen LogP contribution in [0.2, 0.25) is 0 Å². The van der Waals surface area contributed by atoms with Crippen molar-refractivity contribution < 1.29 is 9.18 Å². The fourth-order valence-corrected chi connectivity index (χ4v) is 2.70. The van der Waals surface area contributed by atoms with E-state index in [0.29, 0.717) is 5.56 Å². The molecule has 20 heavy (non-hydrogen) atoms. The van der Waals surface area contributed by atoms with Crippen molar-refractivity contribution >= 4 is 22.8 Å². The number of nitrogens with two attached hydrogens (primary N) is 1. The molecule has 1 aromatic carbocycles. The van der Waals surface area contributed by atoms with E-state index in [-0.39, 0.29) is 23.3 Å². The number of rotatable bonds is 3. The molecule has 0 saturated carbocycles. The second-order valence-electron chi connectivity index (χ2n) is 5.71. The van der Waals surface area contributed by atoms with Crippen LogP contribution in [0.1, 0.15) is 41.8 Å². The number of carbonyl (C=O) groups excluding carboxylic acids is 1. The fourth-order valence-electron chi connectivity index (χ4n) is 1.68. The van der Waals surface area contributed by atoms with E-state index in [9.17, 15) is 9.18 Å². The molecule has 0 fully saturated rings. The Morgan fingerprint density at radius 2 is 2.10 bits per heavy atom. The standard InChI is InChI=1S/C15H17FN2OS/c1-15(2,3)13-8-20-14(18-13)7-12(19)9-4-5-11(17)10(16)6-9/h4-6,8H,7,17H2,1-3H3. The van der Waals surface area contributed by atoms with Gasteiger partial charge >= 0.3 is 0 Å². The van der Waals surface area contributed by atoms with Gasteiger partial charge in [-0.3, -0.25) is 4.79 Å². The van der Waals surface area contributed by atoms with Crippen molar-refractivity contribution in [2.75, 3.05) is 5.73 Å². The Balaban J connectivity index is 2.15. The average molecular weight is 292 g/mol. The zero-order valence-corrected chi connectivity index (χ0v) is 12.6. The van der Waals surface area contributed by atoms with E-state index in [1.165, 1.54) is 23.5 Å². The minimum absolute atomic E-state index is 0.0366. The number of Topliss-reactive ketones (excluding diaryl/α,β-unsaturated/α-hetero) is 1. The van der Waals surface area contributed by atoms with Crippen LogP contribution in [0.5, 0.6) is 0 Å². The molecule has 0 atom stereocenters. The number of thiazole rings is 1. The summed E-state index contributed by atoms with van der Waals surface area (Å²) in [5.74, 6) is -0.718. The summed E-state index contributed by atoms with van der Waals surface area (Å²) in [4.78, 5) is 16.6. The van der Waals surface area contributed by atoms with Gasteiger partial charge in [-0.05, 0) is 18.2 Å². The van der Waals surface area contributed by atoms with Crippen LogP contribution in [0.4, 0.5) is 10.1 Å². The molecule has 0 unspecified atom stereocenters. The first-order valence-corrected chi connectivity index (χ1v) is 7.18. The van der Waals surface area contributed by atoms with Crippen molar-refractivity contribution in [2.24, 2.45) is 0 Å². The highest BCUT2D eigenvalue weighted by molar-refractivity contribution is 7.09. The molecule has 0 radical (unpaired) electrons. The smallest absolute Gasteiger partial charge is 0.169 e. The Morgan fingerprint density at radius 3 is 2.65 bits per heavy atom. The lowest BCUT2D eigenvalue weighted by atomic mass is 9.93. The van der Waals surface area contributed by atoms with Gasteiger partial charge in [-0.25, -0.2) is 9.37 Å². The van der Waals surface area contributed by atoms with E-state index >= 15 is 0 Å². The quantitative estimate of drug-likeness (QED) is 0.695. The molecule has 0 aliphatic rings. The van der Waals surface area contributed by atoms with Gasteiger partial charge < -0.3 is 5.73 Å². The number of benzene rings is 1. The molecule has 1 heterocycles. The predicted octanol–water partition coefficient (Wildman–Crippen LogP) is 3.59. The third-order valence-corrected chi connectivity index (χ3v) is 3.80. The number of nitrogen functional groups attached to an aromatic ring is 1. The molecule has 0 aliphatic carbocycles. The summed E-state index contributed by atoms with van der Waals surface area (Å²) < 4.78 is 13.3. The summed E-state index contributed by atoms with van der Waals surface area (Å²) >= 11 is 1.46. The molecular weight excluding hydrogens is 275 g/mol. The van der Waals surface area contributed by atoms with Gasteiger partial charge in [0.25, 0.3) is 0 Å². The summed E-state index contributed by atoms with van der Waals surface area (Å²) in [5, 5.41) is 2.71. The van der Waals surface area contributed by atoms with Gasteiger partial charge in [-0.1, -0.05) is 20.8 Å². The second-order valence-corrected chi connectivity index (χ2v) is 6.66. The van der Waals surface area contributed by atoms with Gasteiger partial charge in [0.15, 0.2) is 5.78 Å². The predicted molar refractivity (Wildman–Crippen MR) is 79.7 cm³/mol. The Bertz CT molecular complexity index is 644. The molecule has 0 spiro atoms. The molecule has 0 aliphatic heterocycles. The van der Waals surface area contributed by atoms with Gasteiger partial charge in [0.2, 0.25) is 0 Å². The first kappa shape index (κ1) is 14.7. The minimum atomic E-state index is -0.564. The number of anilines is 1. The Kier molecular flexibility index (Phi) is 3.90. The third kappa shape index (κ3) is 3.22. The first-order chi connectivity index (χ1) is 9.27. The molecule has 0 saturated heterocycles. The molecule has 0 bridgehead atoms. The van der Waals surface area contributed by atoms with Crippen molar-refractivity contribution in [2.45, 2.75) is 32.6 Å². The summed E-state index contributed by atoms with van der Waals surface area (Å²) in [7, 11) is 0. The Hall–Kier alpha value is -1.75. The fraction of sp³-hybridized carbons (Fsp3) is 0.333. The van der Waals surface area contributed by atoms with Crippen LogP contribution in [-0.2, 0) is 11.8 Å². The normalized spacial score (nSPS) is 11.6. The lowest BCUT2D eigenvalue weighted by Crippen LogP contribution is -2.12. The SMILES string of the molecule is CC(C)(C)c1csc(CC(=O)c2ccc(N)c(F)c2)n1. The number of halogens is 1. The summed E-state index contributed by atoms with van der Waals surface area (Å²) in [5.41, 5.74) is 6.70. The van der Waals surface area contributed by atoms with Crippen LogP contribution in [-0.4, -0.2) is 10.8 Å². The van der Waals surface area contributed by atoms with Crippen LogP contribution in [0.25, 0.3) is 0 Å². The molecule has 2 rings (SSSR count). The van der Waals surface area contributed by atoms with Crippen molar-refractivity contribution in [3.8, 4) is 0 Å². The van der Waals surface area contributed by atoms with Crippen LogP contribution in [0.15, 0.2) is 23.6 Å². The first-order valence-electron chi connectivity index (χ1n) is 6.30. The van der Waals surface area contributed by atoms with E-state index < -0.39 is 5.82 Å². The van der Waals surface area contributed by atoms with Crippen molar-refractivity contribution in [3.05, 3.63) is 45.7 Å². The highest BCUT2D eigenvalue weighted by Gasteiger charge is 2.19. The lowest BCUT2D eigenvalue weighted by Gasteiger charge is -2.14. The van der Waals surface area contributed by atoms with Crippen LogP contribution in [0, 0.1) is 5.82 Å². The number of aromatic nitrogens is 1. The molecule has 0 amide bonds. The van der Waals surface area contributed by atoms with Crippen LogP contribution >= 0.6 is 11.3 Å². The molecule has 3 nitrogen and oxygen atoms in total. The van der Waals surface area contributed by atoms with E-state index in [4.69, 9.17) is 5.73 Å². The summed E-state index contributed by atoms with van der Waals surface area (Å²) in [6.45, 7) is 6.22. The minimum Gasteiger partial charge on any atom is -0.396 e. The number of nitrogens with zero attached hydrogens (tertiary/aromatic N) is 1. The highest BCUT2D eigenvalue weighted by atomic mass is 32.1. The van der Waals surface area contributed by atoms with Crippen molar-refractivity contribution in [1.82, 2.24) is 4.98 Å². The van der Waals surface area contributed by atoms with E-state index in [1.54, 1.807) is 6.07 Å². The van der Waals surface area contributed by atoms with Crippen LogP contribution in [0.3, 0.4) is 0 Å². The average Bonchev–Trinajstić information content (AvgIpc) is 2.81. The van der Waals surface area contributed by atoms with E-state index in [2.05, 4.69) is 25.8 Å². The Labute approximate surface area is 121 Å². The largest absolute Gasteiger partial charge is 0.396 e. The van der Waals surface area contributed by atoms with Crippen molar-refractivity contribution in [3.63, 3.8) is 0 Å². The maximum atomic E-state index is 13.3. The summed E-state index contributed by atoms with van der Waals surface area (Å²) in [6, 6.07) is 4.12. The number of carbonyl (C=O) groups is 1. The second kappa shape index (κ2) is 5.32. The monoisotopic (exact) mass is 292 g/mol. The maximum Gasteiger partial charge on any atom is 0.169 e. The number of hydrogen-bond donors (Lipinski definition) is 1. The van der Waals surface area contributed by atoms with Crippen LogP contribution < -0.4 is 5.73 Å². The molecule has 1 aromatic heterocycles. The molecular formula is C15H17FN2OS. The lowest BCUT2D eigenvalue weighted by molar-refractivity contribution is 0.0992. The molecule has 2 N–H and O–H groups in total. The number of hydrogen-bond acceptors (Lipinski definition) is 4. The van der Waals surface area contributed by atoms with Gasteiger partial charge in [0, 0.05) is 16.4 Å². The zero-order chi connectivity index (χ0) is 14.9. The summed E-state index contributed by atoms with van der Waals surface area (Å²) in [6.07, 6.45) is 0.185. The van der Waals surface area contributed by atoms with Gasteiger partial charge in [0.1, 0.15) is 10.8 Å². The maximum absolute atomic E-state index is 13.3. The highest BCUT2D eigenvalue weighted by Crippen LogP contribution is 2.24. The zero-order valence-electron chi connectivity index (χ0n) is 11.7. The topological polar surface area (TPSA) is 56.0 Å². The van der Waals surface area contributed by atoms with E-state index in [0.717, 1.165) is 10.7 Å². The van der Waals surface area contributed by atoms with E-state index in [1.807, 2.05) is 5.38 Å². The number of ketones is 1. The van der Waals surface area contributed by atoms with Crippen molar-refractivity contribution in [1.29, 1.82) is 0 Å². The third-order valence-electron chi connectivity index (χ3n) is 2.95. The van der Waals surface area contributed by atoms with Gasteiger partial charge in [0.05, 0.1) is 17.8 Å². The van der Waals surface area contributed by atoms with Gasteiger partial charge in [-0.15, -0.1) is 11.3 Å². The van der Waals surface area contributed by atoms with Gasteiger partial charge in [-0.2, -0.15) is 0 Å². The molecule has 5 heteroatoms. The molecule has 2 aromatic rings. The Morgan fingerprint density at radius 1 is 1.40 bits per heavy atom.